The van der Waals surface area contributed by atoms with Crippen LogP contribution in [0.2, 0.25) is 5.02 Å². The van der Waals surface area contributed by atoms with Gasteiger partial charge in [0.05, 0.1) is 42.7 Å². The topological polar surface area (TPSA) is 88.7 Å². The zero-order chi connectivity index (χ0) is 20.1. The van der Waals surface area contributed by atoms with Crippen molar-refractivity contribution >= 4 is 34.8 Å². The van der Waals surface area contributed by atoms with Crippen molar-refractivity contribution in [3.63, 3.8) is 0 Å². The van der Waals surface area contributed by atoms with Gasteiger partial charge in [0.25, 0.3) is 5.91 Å². The summed E-state index contributed by atoms with van der Waals surface area (Å²) in [5, 5.41) is 9.11. The molecular formula is C20H22ClN3O4. The molecule has 0 spiro atoms. The second kappa shape index (κ2) is 8.84. The van der Waals surface area contributed by atoms with E-state index in [0.717, 1.165) is 12.8 Å². The summed E-state index contributed by atoms with van der Waals surface area (Å²) in [7, 11) is 3.02. The minimum absolute atomic E-state index is 0.0281. The number of halogens is 1. The highest BCUT2D eigenvalue weighted by atomic mass is 35.5. The molecule has 0 unspecified atom stereocenters. The van der Waals surface area contributed by atoms with E-state index in [1.54, 1.807) is 36.4 Å². The maximum Gasteiger partial charge on any atom is 0.253 e. The fourth-order valence-electron chi connectivity index (χ4n) is 2.65. The molecule has 0 atom stereocenters. The fraction of sp³-hybridized carbons (Fsp3) is 0.300. The lowest BCUT2D eigenvalue weighted by atomic mass is 10.1. The Labute approximate surface area is 168 Å². The summed E-state index contributed by atoms with van der Waals surface area (Å²) in [4.78, 5) is 24.8. The van der Waals surface area contributed by atoms with Gasteiger partial charge in [-0.05, 0) is 25.0 Å². The van der Waals surface area contributed by atoms with Gasteiger partial charge in [-0.25, -0.2) is 0 Å². The van der Waals surface area contributed by atoms with Crippen molar-refractivity contribution < 1.29 is 19.1 Å². The molecule has 3 rings (SSSR count). The predicted octanol–water partition coefficient (Wildman–Crippen LogP) is 3.30. The van der Waals surface area contributed by atoms with Crippen LogP contribution in [0.5, 0.6) is 11.5 Å². The number of hydrogen-bond acceptors (Lipinski definition) is 5. The molecule has 7 nitrogen and oxygen atoms in total. The number of carbonyl (C=O) groups excluding carboxylic acids is 2. The molecule has 28 heavy (non-hydrogen) atoms. The highest BCUT2D eigenvalue weighted by Gasteiger charge is 2.25. The summed E-state index contributed by atoms with van der Waals surface area (Å²) >= 11 is 6.09. The van der Waals surface area contributed by atoms with Gasteiger partial charge in [-0.3, -0.25) is 9.59 Å². The number of rotatable bonds is 8. The van der Waals surface area contributed by atoms with Gasteiger partial charge in [0.2, 0.25) is 5.91 Å². The third-order valence-corrected chi connectivity index (χ3v) is 4.57. The highest BCUT2D eigenvalue weighted by molar-refractivity contribution is 6.32. The minimum Gasteiger partial charge on any atom is -0.495 e. The molecule has 148 valence electrons. The molecule has 0 bridgehead atoms. The molecule has 0 radical (unpaired) electrons. The van der Waals surface area contributed by atoms with Crippen molar-refractivity contribution in [3.8, 4) is 11.5 Å². The van der Waals surface area contributed by atoms with Crippen molar-refractivity contribution in [2.24, 2.45) is 0 Å². The van der Waals surface area contributed by atoms with Crippen LogP contribution in [0.3, 0.4) is 0 Å². The molecular weight excluding hydrogens is 382 g/mol. The first-order valence-electron chi connectivity index (χ1n) is 8.87. The van der Waals surface area contributed by atoms with Crippen molar-refractivity contribution in [3.05, 3.63) is 47.0 Å². The van der Waals surface area contributed by atoms with Crippen molar-refractivity contribution in [1.29, 1.82) is 0 Å². The largest absolute Gasteiger partial charge is 0.495 e. The average Bonchev–Trinajstić information content (AvgIpc) is 3.51. The van der Waals surface area contributed by atoms with E-state index in [4.69, 9.17) is 21.1 Å². The smallest absolute Gasteiger partial charge is 0.253 e. The summed E-state index contributed by atoms with van der Waals surface area (Å²) in [6, 6.07) is 10.4. The quantitative estimate of drug-likeness (QED) is 0.629. The van der Waals surface area contributed by atoms with Gasteiger partial charge in [-0.15, -0.1) is 0 Å². The molecule has 1 aliphatic rings. The SMILES string of the molecule is COc1cc(NCC(=O)Nc2ccccc2C(=O)NC2CC2)c(OC)cc1Cl. The second-order valence-electron chi connectivity index (χ2n) is 6.38. The van der Waals surface area contributed by atoms with Gasteiger partial charge in [-0.2, -0.15) is 0 Å². The molecule has 0 heterocycles. The second-order valence-corrected chi connectivity index (χ2v) is 6.79. The first-order chi connectivity index (χ1) is 13.5. The lowest BCUT2D eigenvalue weighted by molar-refractivity contribution is -0.114. The Bertz CT molecular complexity index is 884. The number of nitrogens with one attached hydrogen (secondary N) is 3. The number of anilines is 2. The van der Waals surface area contributed by atoms with Crippen LogP contribution in [0, 0.1) is 0 Å². The molecule has 0 aliphatic heterocycles. The molecule has 2 amide bonds. The Hall–Kier alpha value is -2.93. The van der Waals surface area contributed by atoms with E-state index in [2.05, 4.69) is 16.0 Å². The number of hydrogen-bond donors (Lipinski definition) is 3. The van der Waals surface area contributed by atoms with Crippen molar-refractivity contribution in [2.45, 2.75) is 18.9 Å². The van der Waals surface area contributed by atoms with Crippen LogP contribution in [0.1, 0.15) is 23.2 Å². The lowest BCUT2D eigenvalue weighted by Crippen LogP contribution is -2.28. The number of amides is 2. The van der Waals surface area contributed by atoms with Gasteiger partial charge in [0.1, 0.15) is 11.5 Å². The third kappa shape index (κ3) is 4.86. The molecule has 0 aromatic heterocycles. The van der Waals surface area contributed by atoms with Crippen molar-refractivity contribution in [2.75, 3.05) is 31.4 Å². The Morgan fingerprint density at radius 2 is 1.79 bits per heavy atom. The van der Waals surface area contributed by atoms with E-state index in [1.165, 1.54) is 14.2 Å². The lowest BCUT2D eigenvalue weighted by Gasteiger charge is -2.15. The molecule has 2 aromatic rings. The van der Waals surface area contributed by atoms with Gasteiger partial charge >= 0.3 is 0 Å². The number of carbonyl (C=O) groups is 2. The Kier molecular flexibility index (Phi) is 6.26. The van der Waals surface area contributed by atoms with Crippen LogP contribution in [0.4, 0.5) is 11.4 Å². The number of methoxy groups -OCH3 is 2. The molecule has 1 fully saturated rings. The zero-order valence-corrected chi connectivity index (χ0v) is 16.4. The average molecular weight is 404 g/mol. The molecule has 3 N–H and O–H groups in total. The van der Waals surface area contributed by atoms with E-state index >= 15 is 0 Å². The molecule has 0 saturated heterocycles. The first-order valence-corrected chi connectivity index (χ1v) is 9.24. The maximum atomic E-state index is 12.4. The number of benzene rings is 2. The van der Waals surface area contributed by atoms with Gasteiger partial charge < -0.3 is 25.4 Å². The maximum absolute atomic E-state index is 12.4. The summed E-state index contributed by atoms with van der Waals surface area (Å²) in [5.74, 6) is 0.466. The van der Waals surface area contributed by atoms with Gasteiger partial charge in [0.15, 0.2) is 0 Å². The standard InChI is InChI=1S/C20H22ClN3O4/c1-27-17-10-16(18(28-2)9-14(17)21)22-11-19(25)24-15-6-4-3-5-13(15)20(26)23-12-7-8-12/h3-6,9-10,12,22H,7-8,11H2,1-2H3,(H,23,26)(H,24,25). The highest BCUT2D eigenvalue weighted by Crippen LogP contribution is 2.35. The van der Waals surface area contributed by atoms with Crippen LogP contribution in [0.15, 0.2) is 36.4 Å². The van der Waals surface area contributed by atoms with Gasteiger partial charge in [-0.1, -0.05) is 23.7 Å². The number of para-hydroxylation sites is 1. The van der Waals surface area contributed by atoms with Crippen molar-refractivity contribution in [1.82, 2.24) is 5.32 Å². The van der Waals surface area contributed by atoms with Crippen LogP contribution >= 0.6 is 11.6 Å². The molecule has 1 aliphatic carbocycles. The van der Waals surface area contributed by atoms with E-state index in [1.807, 2.05) is 0 Å². The summed E-state index contributed by atoms with van der Waals surface area (Å²) in [6.45, 7) is -0.0281. The molecule has 8 heteroatoms. The Balaban J connectivity index is 1.66. The van der Waals surface area contributed by atoms with E-state index in [0.29, 0.717) is 33.5 Å². The normalized spacial score (nSPS) is 12.8. The fourth-order valence-corrected chi connectivity index (χ4v) is 2.88. The summed E-state index contributed by atoms with van der Waals surface area (Å²) in [6.07, 6.45) is 1.99. The minimum atomic E-state index is -0.303. The van der Waals surface area contributed by atoms with E-state index < -0.39 is 0 Å². The first kappa shape index (κ1) is 19.8. The molecule has 1 saturated carbocycles. The summed E-state index contributed by atoms with van der Waals surface area (Å²) < 4.78 is 10.5. The van der Waals surface area contributed by atoms with Crippen LogP contribution in [-0.4, -0.2) is 38.6 Å². The van der Waals surface area contributed by atoms with Crippen LogP contribution in [0.25, 0.3) is 0 Å². The molecule has 2 aromatic carbocycles. The zero-order valence-electron chi connectivity index (χ0n) is 15.7. The van der Waals surface area contributed by atoms with E-state index in [-0.39, 0.29) is 24.4 Å². The predicted molar refractivity (Wildman–Crippen MR) is 109 cm³/mol. The van der Waals surface area contributed by atoms with E-state index in [9.17, 15) is 9.59 Å². The van der Waals surface area contributed by atoms with Gasteiger partial charge in [0, 0.05) is 18.2 Å². The summed E-state index contributed by atoms with van der Waals surface area (Å²) in [5.41, 5.74) is 1.47. The monoisotopic (exact) mass is 403 g/mol. The Morgan fingerprint density at radius 3 is 2.46 bits per heavy atom. The van der Waals surface area contributed by atoms with Crippen LogP contribution in [-0.2, 0) is 4.79 Å². The Morgan fingerprint density at radius 1 is 1.07 bits per heavy atom. The van der Waals surface area contributed by atoms with Crippen LogP contribution < -0.4 is 25.4 Å². The number of ether oxygens (including phenoxy) is 2. The third-order valence-electron chi connectivity index (χ3n) is 4.27.